The molecule has 0 saturated carbocycles. The summed E-state index contributed by atoms with van der Waals surface area (Å²) in [6.45, 7) is 0.312. The van der Waals surface area contributed by atoms with Crippen molar-refractivity contribution < 1.29 is 19.8 Å². The minimum atomic E-state index is -1.12. The van der Waals surface area contributed by atoms with Crippen LogP contribution >= 0.6 is 11.6 Å². The number of carbonyl (C=O) groups excluding carboxylic acids is 1. The molecular weight excluding hydrogens is 368 g/mol. The van der Waals surface area contributed by atoms with Crippen LogP contribution in [0.2, 0.25) is 5.02 Å². The zero-order valence-electron chi connectivity index (χ0n) is 14.8. The fourth-order valence-corrected chi connectivity index (χ4v) is 2.77. The number of hydrogen-bond acceptors (Lipinski definition) is 3. The summed E-state index contributed by atoms with van der Waals surface area (Å²) < 4.78 is 0. The summed E-state index contributed by atoms with van der Waals surface area (Å²) in [5.41, 5.74) is 1.81. The second-order valence-corrected chi connectivity index (χ2v) is 6.55. The first-order valence-electron chi connectivity index (χ1n) is 8.67. The Morgan fingerprint density at radius 3 is 2.26 bits per heavy atom. The Morgan fingerprint density at radius 1 is 1.00 bits per heavy atom. The van der Waals surface area contributed by atoms with Gasteiger partial charge in [-0.05, 0) is 29.7 Å². The minimum absolute atomic E-state index is 0.131. The summed E-state index contributed by atoms with van der Waals surface area (Å²) in [7, 11) is 0. The maximum atomic E-state index is 12.5. The second-order valence-electron chi connectivity index (χ2n) is 6.12. The van der Waals surface area contributed by atoms with Gasteiger partial charge in [0.05, 0.1) is 6.61 Å². The number of nitrogens with zero attached hydrogens (tertiary/aromatic N) is 1. The van der Waals surface area contributed by atoms with Crippen LogP contribution in [0.25, 0.3) is 0 Å². The molecule has 2 rings (SSSR count). The molecular formula is C20H23ClN2O4. The van der Waals surface area contributed by atoms with Crippen LogP contribution in [0.3, 0.4) is 0 Å². The predicted octanol–water partition coefficient (Wildman–Crippen LogP) is 2.58. The largest absolute Gasteiger partial charge is 0.480 e. The number of aliphatic hydroxyl groups excluding tert-OH is 1. The molecule has 0 fully saturated rings. The van der Waals surface area contributed by atoms with Crippen LogP contribution in [-0.4, -0.2) is 52.9 Å². The Morgan fingerprint density at radius 2 is 1.67 bits per heavy atom. The molecule has 2 aromatic rings. The number of amides is 2. The van der Waals surface area contributed by atoms with E-state index in [-0.39, 0.29) is 19.6 Å². The zero-order valence-corrected chi connectivity index (χ0v) is 15.6. The van der Waals surface area contributed by atoms with Gasteiger partial charge in [-0.1, -0.05) is 54.1 Å². The number of carbonyl (C=O) groups is 2. The van der Waals surface area contributed by atoms with Gasteiger partial charge in [0.15, 0.2) is 0 Å². The van der Waals surface area contributed by atoms with Gasteiger partial charge in [-0.15, -0.1) is 0 Å². The van der Waals surface area contributed by atoms with Crippen molar-refractivity contribution in [2.45, 2.75) is 18.9 Å². The predicted molar refractivity (Wildman–Crippen MR) is 104 cm³/mol. The summed E-state index contributed by atoms with van der Waals surface area (Å²) in [6, 6.07) is 14.9. The van der Waals surface area contributed by atoms with E-state index in [1.165, 1.54) is 4.90 Å². The minimum Gasteiger partial charge on any atom is -0.480 e. The van der Waals surface area contributed by atoms with E-state index in [0.29, 0.717) is 18.0 Å². The molecule has 0 unspecified atom stereocenters. The summed E-state index contributed by atoms with van der Waals surface area (Å²) >= 11 is 5.84. The lowest BCUT2D eigenvalue weighted by Gasteiger charge is -2.24. The van der Waals surface area contributed by atoms with E-state index in [0.717, 1.165) is 11.1 Å². The highest BCUT2D eigenvalue weighted by Gasteiger charge is 2.23. The van der Waals surface area contributed by atoms with E-state index in [1.807, 2.05) is 30.3 Å². The van der Waals surface area contributed by atoms with Crippen molar-refractivity contribution in [2.24, 2.45) is 0 Å². The van der Waals surface area contributed by atoms with Gasteiger partial charge in [0.25, 0.3) is 0 Å². The monoisotopic (exact) mass is 390 g/mol. The van der Waals surface area contributed by atoms with Crippen molar-refractivity contribution in [3.05, 3.63) is 70.7 Å². The van der Waals surface area contributed by atoms with Gasteiger partial charge in [0.1, 0.15) is 6.04 Å². The Kier molecular flexibility index (Phi) is 8.10. The molecule has 27 heavy (non-hydrogen) atoms. The quantitative estimate of drug-likeness (QED) is 0.614. The first kappa shape index (κ1) is 20.7. The van der Waals surface area contributed by atoms with Crippen LogP contribution in [0.4, 0.5) is 4.79 Å². The summed E-state index contributed by atoms with van der Waals surface area (Å²) in [6.07, 6.45) is 0.757. The van der Waals surface area contributed by atoms with Gasteiger partial charge in [-0.25, -0.2) is 9.59 Å². The molecule has 7 heteroatoms. The Hall–Kier alpha value is -2.57. The molecule has 144 valence electrons. The molecule has 2 amide bonds. The first-order valence-corrected chi connectivity index (χ1v) is 9.05. The summed E-state index contributed by atoms with van der Waals surface area (Å²) in [5, 5.41) is 21.8. The normalized spacial score (nSPS) is 11.6. The third-order valence-corrected chi connectivity index (χ3v) is 4.37. The van der Waals surface area contributed by atoms with Crippen LogP contribution in [0.1, 0.15) is 11.1 Å². The molecule has 1 atom stereocenters. The Labute approximate surface area is 163 Å². The molecule has 0 heterocycles. The number of rotatable bonds is 9. The van der Waals surface area contributed by atoms with E-state index in [1.54, 1.807) is 24.3 Å². The number of halogens is 1. The van der Waals surface area contributed by atoms with Crippen molar-refractivity contribution >= 4 is 23.6 Å². The number of benzene rings is 2. The van der Waals surface area contributed by atoms with Crippen LogP contribution in [0, 0.1) is 0 Å². The summed E-state index contributed by atoms with van der Waals surface area (Å²) in [4.78, 5) is 25.5. The number of aliphatic hydroxyl groups is 1. The van der Waals surface area contributed by atoms with Crippen LogP contribution in [0.15, 0.2) is 54.6 Å². The van der Waals surface area contributed by atoms with Gasteiger partial charge in [-0.2, -0.15) is 0 Å². The van der Waals surface area contributed by atoms with Gasteiger partial charge < -0.3 is 20.4 Å². The van der Waals surface area contributed by atoms with Crippen LogP contribution in [0.5, 0.6) is 0 Å². The van der Waals surface area contributed by atoms with E-state index in [2.05, 4.69) is 5.32 Å². The molecule has 0 bridgehead atoms. The van der Waals surface area contributed by atoms with Crippen molar-refractivity contribution in [2.75, 3.05) is 19.7 Å². The molecule has 2 aromatic carbocycles. The van der Waals surface area contributed by atoms with E-state index >= 15 is 0 Å². The molecule has 0 saturated heterocycles. The van der Waals surface area contributed by atoms with Crippen LogP contribution < -0.4 is 5.32 Å². The fourth-order valence-electron chi connectivity index (χ4n) is 2.64. The number of urea groups is 1. The number of nitrogens with one attached hydrogen (secondary N) is 1. The third kappa shape index (κ3) is 6.92. The van der Waals surface area contributed by atoms with Crippen molar-refractivity contribution in [1.82, 2.24) is 10.2 Å². The Balaban J connectivity index is 1.99. The lowest BCUT2D eigenvalue weighted by Crippen LogP contribution is -2.50. The van der Waals surface area contributed by atoms with Gasteiger partial charge >= 0.3 is 12.0 Å². The first-order chi connectivity index (χ1) is 13.0. The van der Waals surface area contributed by atoms with Crippen molar-refractivity contribution in [3.8, 4) is 0 Å². The highest BCUT2D eigenvalue weighted by molar-refractivity contribution is 6.30. The number of aliphatic carboxylic acids is 1. The lowest BCUT2D eigenvalue weighted by atomic mass is 10.1. The van der Waals surface area contributed by atoms with E-state index in [9.17, 15) is 19.8 Å². The van der Waals surface area contributed by atoms with E-state index in [4.69, 9.17) is 11.6 Å². The molecule has 6 nitrogen and oxygen atoms in total. The number of carboxylic acid groups (broad SMARTS) is 1. The van der Waals surface area contributed by atoms with Crippen molar-refractivity contribution in [1.29, 1.82) is 0 Å². The van der Waals surface area contributed by atoms with Gasteiger partial charge in [0.2, 0.25) is 0 Å². The SMILES string of the molecule is O=C(O)[C@H](Cc1ccc(Cl)cc1)NC(=O)N(CCO)CCc1ccccc1. The topological polar surface area (TPSA) is 89.9 Å². The Bertz CT molecular complexity index is 737. The van der Waals surface area contributed by atoms with E-state index < -0.39 is 18.0 Å². The third-order valence-electron chi connectivity index (χ3n) is 4.12. The lowest BCUT2D eigenvalue weighted by molar-refractivity contribution is -0.139. The molecule has 0 radical (unpaired) electrons. The molecule has 0 aromatic heterocycles. The molecule has 0 aliphatic carbocycles. The summed E-state index contributed by atoms with van der Waals surface area (Å²) in [5.74, 6) is -1.12. The average Bonchev–Trinajstić information content (AvgIpc) is 2.67. The second kappa shape index (κ2) is 10.5. The van der Waals surface area contributed by atoms with Gasteiger partial charge in [0, 0.05) is 24.5 Å². The maximum absolute atomic E-state index is 12.5. The van der Waals surface area contributed by atoms with Crippen LogP contribution in [-0.2, 0) is 17.6 Å². The zero-order chi connectivity index (χ0) is 19.6. The smallest absolute Gasteiger partial charge is 0.326 e. The van der Waals surface area contributed by atoms with Crippen molar-refractivity contribution in [3.63, 3.8) is 0 Å². The van der Waals surface area contributed by atoms with Gasteiger partial charge in [-0.3, -0.25) is 0 Å². The number of carboxylic acids is 1. The molecule has 0 aliphatic heterocycles. The molecule has 0 aliphatic rings. The standard InChI is InChI=1S/C20H23ClN2O4/c21-17-8-6-16(7-9-17)14-18(19(25)26)22-20(27)23(12-13-24)11-10-15-4-2-1-3-5-15/h1-9,18,24H,10-14H2,(H,22,27)(H,25,26)/t18-/m0/s1. The highest BCUT2D eigenvalue weighted by atomic mass is 35.5. The molecule has 0 spiro atoms. The fraction of sp³-hybridized carbons (Fsp3) is 0.300. The molecule has 3 N–H and O–H groups in total. The maximum Gasteiger partial charge on any atom is 0.326 e. The highest BCUT2D eigenvalue weighted by Crippen LogP contribution is 2.11. The average molecular weight is 391 g/mol. The number of hydrogen-bond donors (Lipinski definition) is 3.